The summed E-state index contributed by atoms with van der Waals surface area (Å²) in [6, 6.07) is 17.4. The number of hydrogen-bond donors (Lipinski definition) is 2. The van der Waals surface area contributed by atoms with E-state index in [1.807, 2.05) is 6.92 Å². The number of amides is 1. The number of carbonyl (C=O) groups excluding carboxylic acids is 2. The predicted molar refractivity (Wildman–Crippen MR) is 120 cm³/mol. The van der Waals surface area contributed by atoms with Crippen LogP contribution in [0.2, 0.25) is 0 Å². The van der Waals surface area contributed by atoms with Crippen LogP contribution in [-0.4, -0.2) is 33.4 Å². The molecule has 168 valence electrons. The van der Waals surface area contributed by atoms with Crippen molar-refractivity contribution in [3.8, 4) is 11.5 Å². The molecule has 33 heavy (non-hydrogen) atoms. The molecule has 1 unspecified atom stereocenters. The second-order valence-corrected chi connectivity index (χ2v) is 7.60. The van der Waals surface area contributed by atoms with Crippen molar-refractivity contribution in [3.05, 3.63) is 101 Å². The molecule has 0 bridgehead atoms. The Hall–Kier alpha value is -4.13. The predicted octanol–water partition coefficient (Wildman–Crippen LogP) is 4.55. The number of rotatable bonds is 6. The van der Waals surface area contributed by atoms with Crippen molar-refractivity contribution in [2.75, 3.05) is 6.61 Å². The van der Waals surface area contributed by atoms with Crippen molar-refractivity contribution < 1.29 is 28.9 Å². The molecule has 1 amide bonds. The third kappa shape index (κ3) is 4.43. The highest BCUT2D eigenvalue weighted by Crippen LogP contribution is 2.40. The Morgan fingerprint density at radius 3 is 2.21 bits per heavy atom. The van der Waals surface area contributed by atoms with Crippen molar-refractivity contribution >= 4 is 17.4 Å². The Kier molecular flexibility index (Phi) is 6.13. The maximum absolute atomic E-state index is 13.3. The highest BCUT2D eigenvalue weighted by molar-refractivity contribution is 6.46. The lowest BCUT2D eigenvalue weighted by Gasteiger charge is -2.25. The fraction of sp³-hybridized carbons (Fsp3) is 0.154. The van der Waals surface area contributed by atoms with Gasteiger partial charge >= 0.3 is 0 Å². The summed E-state index contributed by atoms with van der Waals surface area (Å²) >= 11 is 0. The number of aromatic hydroxyl groups is 1. The summed E-state index contributed by atoms with van der Waals surface area (Å²) in [5, 5.41) is 20.8. The summed E-state index contributed by atoms with van der Waals surface area (Å²) in [6.07, 6.45) is 0. The molecular weight excluding hydrogens is 425 g/mol. The van der Waals surface area contributed by atoms with Gasteiger partial charge in [0.15, 0.2) is 0 Å². The van der Waals surface area contributed by atoms with Gasteiger partial charge in [-0.1, -0.05) is 24.3 Å². The van der Waals surface area contributed by atoms with E-state index in [4.69, 9.17) is 4.74 Å². The minimum atomic E-state index is -0.887. The van der Waals surface area contributed by atoms with Gasteiger partial charge in [-0.05, 0) is 66.6 Å². The van der Waals surface area contributed by atoms with Crippen molar-refractivity contribution in [2.24, 2.45) is 0 Å². The van der Waals surface area contributed by atoms with Gasteiger partial charge in [-0.3, -0.25) is 9.59 Å². The molecule has 4 rings (SSSR count). The minimum absolute atomic E-state index is 0.0285. The molecule has 0 aromatic heterocycles. The monoisotopic (exact) mass is 447 g/mol. The number of ketones is 1. The van der Waals surface area contributed by atoms with Crippen LogP contribution >= 0.6 is 0 Å². The molecule has 1 heterocycles. The number of ether oxygens (including phenoxy) is 1. The molecule has 1 aliphatic heterocycles. The van der Waals surface area contributed by atoms with E-state index in [1.165, 1.54) is 41.3 Å². The number of halogens is 1. The SMILES string of the molecule is CCOc1ccc(/C(O)=C2/C(=O)C(=O)N(Cc3ccc(F)cc3)C2c2ccc(O)cc2)cc1. The Bertz CT molecular complexity index is 1200. The molecule has 7 heteroatoms. The maximum Gasteiger partial charge on any atom is 0.295 e. The second kappa shape index (κ2) is 9.16. The van der Waals surface area contributed by atoms with Crippen LogP contribution in [-0.2, 0) is 16.1 Å². The lowest BCUT2D eigenvalue weighted by atomic mass is 9.95. The smallest absolute Gasteiger partial charge is 0.295 e. The topological polar surface area (TPSA) is 87.1 Å². The van der Waals surface area contributed by atoms with Crippen LogP contribution in [0.15, 0.2) is 78.4 Å². The van der Waals surface area contributed by atoms with Crippen LogP contribution in [0.1, 0.15) is 29.7 Å². The van der Waals surface area contributed by atoms with Crippen molar-refractivity contribution in [1.82, 2.24) is 4.90 Å². The first-order valence-corrected chi connectivity index (χ1v) is 10.4. The number of benzene rings is 3. The van der Waals surface area contributed by atoms with Gasteiger partial charge in [0, 0.05) is 12.1 Å². The molecule has 0 spiro atoms. The summed E-state index contributed by atoms with van der Waals surface area (Å²) in [7, 11) is 0. The van der Waals surface area contributed by atoms with E-state index < -0.39 is 23.5 Å². The summed E-state index contributed by atoms with van der Waals surface area (Å²) < 4.78 is 18.8. The normalized spacial score (nSPS) is 17.4. The Balaban J connectivity index is 1.80. The van der Waals surface area contributed by atoms with Crippen LogP contribution in [0, 0.1) is 5.82 Å². The van der Waals surface area contributed by atoms with E-state index in [0.717, 1.165) is 0 Å². The third-order valence-electron chi connectivity index (χ3n) is 5.45. The summed E-state index contributed by atoms with van der Waals surface area (Å²) in [6.45, 7) is 2.38. The molecule has 1 atom stereocenters. The zero-order chi connectivity index (χ0) is 23.5. The zero-order valence-electron chi connectivity index (χ0n) is 17.9. The van der Waals surface area contributed by atoms with Crippen molar-refractivity contribution in [2.45, 2.75) is 19.5 Å². The largest absolute Gasteiger partial charge is 0.508 e. The number of aliphatic hydroxyl groups excluding tert-OH is 1. The van der Waals surface area contributed by atoms with Crippen LogP contribution in [0.3, 0.4) is 0 Å². The van der Waals surface area contributed by atoms with Crippen LogP contribution in [0.4, 0.5) is 4.39 Å². The van der Waals surface area contributed by atoms with Gasteiger partial charge in [0.1, 0.15) is 23.1 Å². The van der Waals surface area contributed by atoms with E-state index in [-0.39, 0.29) is 23.6 Å². The zero-order valence-corrected chi connectivity index (χ0v) is 17.9. The van der Waals surface area contributed by atoms with E-state index in [0.29, 0.717) is 29.0 Å². The highest BCUT2D eigenvalue weighted by Gasteiger charge is 2.46. The van der Waals surface area contributed by atoms with Gasteiger partial charge in [-0.2, -0.15) is 0 Å². The average Bonchev–Trinajstić information content (AvgIpc) is 3.06. The Labute approximate surface area is 190 Å². The fourth-order valence-electron chi connectivity index (χ4n) is 3.86. The lowest BCUT2D eigenvalue weighted by Crippen LogP contribution is -2.29. The van der Waals surface area contributed by atoms with E-state index in [9.17, 15) is 24.2 Å². The molecule has 0 aliphatic carbocycles. The number of phenolic OH excluding ortho intramolecular Hbond substituents is 1. The van der Waals surface area contributed by atoms with E-state index >= 15 is 0 Å². The number of Topliss-reactive ketones (excluding diaryl/α,β-unsaturated/α-hetero) is 1. The van der Waals surface area contributed by atoms with E-state index in [2.05, 4.69) is 0 Å². The Morgan fingerprint density at radius 2 is 1.61 bits per heavy atom. The minimum Gasteiger partial charge on any atom is -0.508 e. The van der Waals surface area contributed by atoms with Crippen molar-refractivity contribution in [3.63, 3.8) is 0 Å². The standard InChI is InChI=1S/C26H22FNO5/c1-2-33-21-13-7-18(8-14-21)24(30)22-23(17-5-11-20(29)12-6-17)28(26(32)25(22)31)15-16-3-9-19(27)10-4-16/h3-14,23,29-30H,2,15H2,1H3/b24-22-. The molecule has 2 N–H and O–H groups in total. The van der Waals surface area contributed by atoms with Gasteiger partial charge < -0.3 is 19.8 Å². The molecule has 0 saturated carbocycles. The molecule has 1 fully saturated rings. The Morgan fingerprint density at radius 1 is 0.970 bits per heavy atom. The third-order valence-corrected chi connectivity index (χ3v) is 5.45. The molecule has 1 aliphatic rings. The summed E-state index contributed by atoms with van der Waals surface area (Å²) in [4.78, 5) is 27.4. The molecule has 3 aromatic carbocycles. The van der Waals surface area contributed by atoms with Gasteiger partial charge in [0.2, 0.25) is 0 Å². The van der Waals surface area contributed by atoms with Gasteiger partial charge in [0.05, 0.1) is 18.2 Å². The fourth-order valence-corrected chi connectivity index (χ4v) is 3.86. The van der Waals surface area contributed by atoms with Gasteiger partial charge in [-0.25, -0.2) is 4.39 Å². The number of hydrogen-bond acceptors (Lipinski definition) is 5. The second-order valence-electron chi connectivity index (χ2n) is 7.60. The van der Waals surface area contributed by atoms with Gasteiger partial charge in [0.25, 0.3) is 11.7 Å². The first kappa shape index (κ1) is 22.1. The lowest BCUT2D eigenvalue weighted by molar-refractivity contribution is -0.140. The van der Waals surface area contributed by atoms with Crippen LogP contribution in [0.25, 0.3) is 5.76 Å². The average molecular weight is 447 g/mol. The number of aliphatic hydroxyl groups is 1. The molecule has 1 saturated heterocycles. The molecule has 0 radical (unpaired) electrons. The molecule has 6 nitrogen and oxygen atoms in total. The number of phenols is 1. The quantitative estimate of drug-likeness (QED) is 0.329. The first-order valence-electron chi connectivity index (χ1n) is 10.4. The van der Waals surface area contributed by atoms with E-state index in [1.54, 1.807) is 36.4 Å². The number of nitrogens with zero attached hydrogens (tertiary/aromatic N) is 1. The van der Waals surface area contributed by atoms with Crippen LogP contribution in [0.5, 0.6) is 11.5 Å². The maximum atomic E-state index is 13.3. The number of likely N-dealkylation sites (tertiary alicyclic amines) is 1. The molecule has 3 aromatic rings. The molecular formula is C26H22FNO5. The van der Waals surface area contributed by atoms with Crippen LogP contribution < -0.4 is 4.74 Å². The highest BCUT2D eigenvalue weighted by atomic mass is 19.1. The first-order chi connectivity index (χ1) is 15.9. The number of carbonyl (C=O) groups is 2. The summed E-state index contributed by atoms with van der Waals surface area (Å²) in [5.41, 5.74) is 1.48. The van der Waals surface area contributed by atoms with Gasteiger partial charge in [-0.15, -0.1) is 0 Å². The summed E-state index contributed by atoms with van der Waals surface area (Å²) in [5.74, 6) is -1.67. The van der Waals surface area contributed by atoms with Crippen molar-refractivity contribution in [1.29, 1.82) is 0 Å².